The molecule has 0 saturated carbocycles. The van der Waals surface area contributed by atoms with E-state index in [2.05, 4.69) is 346 Å². The molecule has 0 radical (unpaired) electrons. The highest BCUT2D eigenvalue weighted by molar-refractivity contribution is 7.22. The molecule has 20 aromatic rings. The van der Waals surface area contributed by atoms with E-state index in [9.17, 15) is 0 Å². The van der Waals surface area contributed by atoms with Gasteiger partial charge >= 0.3 is 0 Å². The van der Waals surface area contributed by atoms with Gasteiger partial charge in [0.05, 0.1) is 44.1 Å². The molecule has 0 fully saturated rings. The SMILES string of the molecule is c1ccc2c(c1)-c1ccccc1[Si]1(c3ccccc3-2)c2cc(-c3nc(-n4c5ccccc5c5ccccc54)nc(-n4c5ccccc5c5ccccc54)n3)ccc2-c2ccccc2-c2ccc(-c3nc(-n4c5ccccc5c5ccccc54)nc(-n4c5ccccc5c5ccccc54)n3)cc21. The second-order valence-corrected chi connectivity index (χ2v) is 30.1. The summed E-state index contributed by atoms with van der Waals surface area (Å²) in [5.74, 6) is 3.17. The first kappa shape index (κ1) is 55.6. The largest absolute Gasteiger partial charge is 0.278 e. The van der Waals surface area contributed by atoms with Crippen molar-refractivity contribution in [1.29, 1.82) is 0 Å². The van der Waals surface area contributed by atoms with Crippen molar-refractivity contribution >= 4 is 116 Å². The van der Waals surface area contributed by atoms with Gasteiger partial charge in [-0.05, 0) is 114 Å². The Morgan fingerprint density at radius 3 is 0.644 bits per heavy atom. The van der Waals surface area contributed by atoms with Gasteiger partial charge in [-0.25, -0.2) is 0 Å². The number of fused-ring (bicyclic) bond motifs is 26. The topological polar surface area (TPSA) is 97.1 Å². The second kappa shape index (κ2) is 21.3. The average molecular weight is 1300 g/mol. The van der Waals surface area contributed by atoms with E-state index in [1.54, 1.807) is 0 Å². The number of rotatable bonds is 6. The molecule has 0 aliphatic carbocycles. The summed E-state index contributed by atoms with van der Waals surface area (Å²) in [5.41, 5.74) is 19.1. The third-order valence-corrected chi connectivity index (χ3v) is 26.3. The van der Waals surface area contributed by atoms with Gasteiger partial charge in [0.1, 0.15) is 0 Å². The molecule has 6 aromatic heterocycles. The highest BCUT2D eigenvalue weighted by Crippen LogP contribution is 2.44. The first-order valence-corrected chi connectivity index (χ1v) is 36.3. The predicted molar refractivity (Wildman–Crippen MR) is 414 cm³/mol. The Morgan fingerprint density at radius 1 is 0.178 bits per heavy atom. The molecule has 0 amide bonds. The fraction of sp³-hybridized carbons (Fsp3) is 0. The van der Waals surface area contributed by atoms with Crippen LogP contribution in [0.4, 0.5) is 0 Å². The van der Waals surface area contributed by atoms with Crippen molar-refractivity contribution in [1.82, 2.24) is 48.2 Å². The molecule has 22 rings (SSSR count). The van der Waals surface area contributed by atoms with Crippen LogP contribution in [0, 0.1) is 0 Å². The lowest BCUT2D eigenvalue weighted by Crippen LogP contribution is -2.75. The van der Waals surface area contributed by atoms with E-state index < -0.39 is 8.07 Å². The summed E-state index contributed by atoms with van der Waals surface area (Å²) in [7, 11) is -3.80. The summed E-state index contributed by atoms with van der Waals surface area (Å²) >= 11 is 0. The maximum absolute atomic E-state index is 5.75. The van der Waals surface area contributed by atoms with Crippen LogP contribution in [0.2, 0.25) is 0 Å². The number of benzene rings is 14. The van der Waals surface area contributed by atoms with Gasteiger partial charge in [-0.3, -0.25) is 18.3 Å². The van der Waals surface area contributed by atoms with Crippen molar-refractivity contribution < 1.29 is 0 Å². The third-order valence-electron chi connectivity index (χ3n) is 21.4. The lowest BCUT2D eigenvalue weighted by atomic mass is 9.93. The zero-order chi connectivity index (χ0) is 66.0. The molecule has 10 nitrogen and oxygen atoms in total. The summed E-state index contributed by atoms with van der Waals surface area (Å²) in [6, 6.07) is 119. The number of para-hydroxylation sites is 8. The lowest BCUT2D eigenvalue weighted by Gasteiger charge is -2.37. The van der Waals surface area contributed by atoms with Crippen LogP contribution in [0.5, 0.6) is 0 Å². The molecule has 0 atom stereocenters. The van der Waals surface area contributed by atoms with E-state index in [-0.39, 0.29) is 0 Å². The standard InChI is InChI=1S/C90H54N10Si/c1-2-26-58-57(25-1)69-37-13-23-47-81(69)101(82-48-24-14-38-70(58)82)83-53-55(85-91-87(97-73-39-15-5-29-61(73)62-30-6-16-40-74(62)97)95-88(92-85)98-75-41-17-7-31-63(75)64-32-8-18-42-76(64)98)49-51-71(83)59-27-3-4-28-60(59)72-52-50-56(54-84(72)101)86-93-89(99-77-43-19-9-33-65(77)66-34-10-20-44-78(66)99)96-90(94-86)100-79-45-21-11-35-67(79)68-36-12-22-46-80(68)100/h1-54H. The molecule has 0 bridgehead atoms. The number of nitrogens with zero attached hydrogens (tertiary/aromatic N) is 10. The fourth-order valence-electron chi connectivity index (χ4n) is 17.2. The minimum Gasteiger partial charge on any atom is -0.278 e. The van der Waals surface area contributed by atoms with Gasteiger partial charge in [0.25, 0.3) is 0 Å². The Labute approximate surface area is 579 Å². The molecule has 14 aromatic carbocycles. The first-order valence-electron chi connectivity index (χ1n) is 34.3. The maximum Gasteiger partial charge on any atom is 0.240 e. The Kier molecular flexibility index (Phi) is 11.7. The van der Waals surface area contributed by atoms with E-state index >= 15 is 0 Å². The molecule has 468 valence electrons. The van der Waals surface area contributed by atoms with Crippen LogP contribution in [-0.4, -0.2) is 56.2 Å². The summed E-state index contributed by atoms with van der Waals surface area (Å²) < 4.78 is 8.87. The lowest BCUT2D eigenvalue weighted by molar-refractivity contribution is 0.892. The summed E-state index contributed by atoms with van der Waals surface area (Å²) in [5, 5.41) is 13.9. The molecular weight excluding hydrogens is 1250 g/mol. The quantitative estimate of drug-likeness (QED) is 0.154. The molecule has 8 heterocycles. The monoisotopic (exact) mass is 1300 g/mol. The van der Waals surface area contributed by atoms with Crippen molar-refractivity contribution in [2.45, 2.75) is 0 Å². The van der Waals surface area contributed by atoms with Crippen molar-refractivity contribution in [3.8, 4) is 91.1 Å². The smallest absolute Gasteiger partial charge is 0.240 e. The Balaban J connectivity index is 0.867. The van der Waals surface area contributed by atoms with Crippen LogP contribution in [0.25, 0.3) is 178 Å². The van der Waals surface area contributed by atoms with Crippen molar-refractivity contribution in [3.63, 3.8) is 0 Å². The van der Waals surface area contributed by atoms with E-state index in [1.807, 2.05) is 0 Å². The zero-order valence-corrected chi connectivity index (χ0v) is 55.1. The molecule has 2 aliphatic heterocycles. The van der Waals surface area contributed by atoms with Crippen molar-refractivity contribution in [2.24, 2.45) is 0 Å². The van der Waals surface area contributed by atoms with Crippen molar-refractivity contribution in [3.05, 3.63) is 328 Å². The number of hydrogen-bond acceptors (Lipinski definition) is 6. The maximum atomic E-state index is 5.75. The Hall–Kier alpha value is -13.5. The summed E-state index contributed by atoms with van der Waals surface area (Å²) in [6.07, 6.45) is 0. The predicted octanol–water partition coefficient (Wildman–Crippen LogP) is 18.5. The van der Waals surface area contributed by atoms with E-state index in [0.717, 1.165) is 121 Å². The zero-order valence-electron chi connectivity index (χ0n) is 54.1. The van der Waals surface area contributed by atoms with Crippen LogP contribution in [0.3, 0.4) is 0 Å². The number of hydrogen-bond donors (Lipinski definition) is 0. The van der Waals surface area contributed by atoms with Gasteiger partial charge in [0, 0.05) is 54.2 Å². The van der Waals surface area contributed by atoms with Crippen LogP contribution < -0.4 is 20.7 Å². The van der Waals surface area contributed by atoms with Crippen LogP contribution >= 0.6 is 0 Å². The molecular formula is C90H54N10Si. The summed E-state index contributed by atoms with van der Waals surface area (Å²) in [4.78, 5) is 34.3. The van der Waals surface area contributed by atoms with Gasteiger partial charge in [-0.1, -0.05) is 279 Å². The van der Waals surface area contributed by atoms with Gasteiger partial charge < -0.3 is 0 Å². The van der Waals surface area contributed by atoms with Crippen LogP contribution in [-0.2, 0) is 0 Å². The first-order chi connectivity index (χ1) is 50.1. The molecule has 11 heteroatoms. The Bertz CT molecular complexity index is 6060. The molecule has 0 N–H and O–H groups in total. The van der Waals surface area contributed by atoms with E-state index in [4.69, 9.17) is 29.9 Å². The second-order valence-electron chi connectivity index (χ2n) is 26.4. The van der Waals surface area contributed by atoms with Crippen LogP contribution in [0.15, 0.2) is 328 Å². The Morgan fingerprint density at radius 2 is 0.386 bits per heavy atom. The molecule has 0 unspecified atom stereocenters. The van der Waals surface area contributed by atoms with E-state index in [1.165, 1.54) is 43.0 Å². The van der Waals surface area contributed by atoms with Crippen LogP contribution in [0.1, 0.15) is 0 Å². The molecule has 1 spiro atoms. The molecule has 101 heavy (non-hydrogen) atoms. The molecule has 0 saturated heterocycles. The normalized spacial score (nSPS) is 12.8. The third kappa shape index (κ3) is 7.85. The van der Waals surface area contributed by atoms with Gasteiger partial charge in [0.2, 0.25) is 23.8 Å². The van der Waals surface area contributed by atoms with Gasteiger partial charge in [0.15, 0.2) is 19.7 Å². The van der Waals surface area contributed by atoms with E-state index in [0.29, 0.717) is 35.4 Å². The highest BCUT2D eigenvalue weighted by atomic mass is 28.3. The highest BCUT2D eigenvalue weighted by Gasteiger charge is 2.51. The van der Waals surface area contributed by atoms with Gasteiger partial charge in [-0.15, -0.1) is 0 Å². The number of aromatic nitrogens is 10. The molecule has 2 aliphatic rings. The minimum atomic E-state index is -3.80. The fourth-order valence-corrected chi connectivity index (χ4v) is 22.9. The van der Waals surface area contributed by atoms with Crippen molar-refractivity contribution in [2.75, 3.05) is 0 Å². The average Bonchev–Trinajstić information content (AvgIpc) is 1.57. The minimum absolute atomic E-state index is 0.519. The summed E-state index contributed by atoms with van der Waals surface area (Å²) in [6.45, 7) is 0. The van der Waals surface area contributed by atoms with Gasteiger partial charge in [-0.2, -0.15) is 29.9 Å².